The quantitative estimate of drug-likeness (QED) is 0.171. The second-order valence-electron chi connectivity index (χ2n) is 13.9. The minimum atomic E-state index is -0.665. The predicted molar refractivity (Wildman–Crippen MR) is 171 cm³/mol. The molecule has 1 aromatic rings. The van der Waals surface area contributed by atoms with Crippen LogP contribution in [0.4, 0.5) is 5.69 Å². The molecular weight excluding hydrogens is 558 g/mol. The summed E-state index contributed by atoms with van der Waals surface area (Å²) in [6.07, 6.45) is 11.5. The van der Waals surface area contributed by atoms with Crippen LogP contribution in [0.25, 0.3) is 6.08 Å². The molecule has 1 N–H and O–H groups in total. The second-order valence-corrected chi connectivity index (χ2v) is 13.9. The molecule has 44 heavy (non-hydrogen) atoms. The Morgan fingerprint density at radius 1 is 1.09 bits per heavy atom. The van der Waals surface area contributed by atoms with Gasteiger partial charge in [0, 0.05) is 12.6 Å². The zero-order valence-electron chi connectivity index (χ0n) is 27.2. The van der Waals surface area contributed by atoms with Crippen molar-refractivity contribution >= 4 is 29.5 Å². The highest BCUT2D eigenvalue weighted by atomic mass is 16.5. The first-order valence-electron chi connectivity index (χ1n) is 16.1. The highest BCUT2D eigenvalue weighted by Gasteiger charge is 2.49. The number of esters is 1. The largest absolute Gasteiger partial charge is 0.494 e. The van der Waals surface area contributed by atoms with Crippen LogP contribution in [0, 0.1) is 21.7 Å². The van der Waals surface area contributed by atoms with Gasteiger partial charge in [-0.2, -0.15) is 0 Å². The van der Waals surface area contributed by atoms with Crippen molar-refractivity contribution in [2.24, 2.45) is 21.9 Å². The number of carbonyl (C=O) groups excluding carboxylic acids is 3. The maximum Gasteiger partial charge on any atom is 0.329 e. The SMILES string of the molecule is COc1cc(/C=C/C(=O)NC(C(=O)N2CCCC2C(=O)OC(C)CC2CCC(C)(C)C2(C)C)=C2CCCCC2)ccc1N=O. The van der Waals surface area contributed by atoms with E-state index in [2.05, 4.69) is 38.2 Å². The van der Waals surface area contributed by atoms with Crippen LogP contribution in [0.1, 0.15) is 104 Å². The molecule has 9 heteroatoms. The van der Waals surface area contributed by atoms with Gasteiger partial charge < -0.3 is 19.7 Å². The average molecular weight is 608 g/mol. The Morgan fingerprint density at radius 3 is 2.45 bits per heavy atom. The lowest BCUT2D eigenvalue weighted by atomic mass is 9.66. The average Bonchev–Trinajstić information content (AvgIpc) is 3.57. The first-order chi connectivity index (χ1) is 20.9. The topological polar surface area (TPSA) is 114 Å². The van der Waals surface area contributed by atoms with Crippen molar-refractivity contribution in [1.29, 1.82) is 0 Å². The Kier molecular flexibility index (Phi) is 10.7. The maximum atomic E-state index is 14.0. The van der Waals surface area contributed by atoms with Crippen LogP contribution in [0.5, 0.6) is 5.75 Å². The molecule has 2 aliphatic carbocycles. The van der Waals surface area contributed by atoms with E-state index in [1.54, 1.807) is 23.1 Å². The van der Waals surface area contributed by atoms with Gasteiger partial charge in [-0.05, 0) is 116 Å². The Labute approximate surface area is 261 Å². The van der Waals surface area contributed by atoms with Gasteiger partial charge in [0.05, 0.1) is 13.2 Å². The summed E-state index contributed by atoms with van der Waals surface area (Å²) >= 11 is 0. The van der Waals surface area contributed by atoms with Crippen molar-refractivity contribution < 1.29 is 23.9 Å². The zero-order chi connectivity index (χ0) is 32.1. The minimum absolute atomic E-state index is 0.152. The number of likely N-dealkylation sites (tertiary alicyclic amines) is 1. The molecule has 2 amide bonds. The van der Waals surface area contributed by atoms with Crippen LogP contribution in [-0.2, 0) is 19.1 Å². The first kappa shape index (κ1) is 33.4. The Morgan fingerprint density at radius 2 is 1.82 bits per heavy atom. The van der Waals surface area contributed by atoms with E-state index < -0.39 is 11.9 Å². The van der Waals surface area contributed by atoms with Gasteiger partial charge in [-0.25, -0.2) is 4.79 Å². The van der Waals surface area contributed by atoms with E-state index in [0.717, 1.165) is 56.9 Å². The van der Waals surface area contributed by atoms with E-state index in [1.807, 2.05) is 6.92 Å². The van der Waals surface area contributed by atoms with Crippen molar-refractivity contribution in [3.63, 3.8) is 0 Å². The molecule has 3 fully saturated rings. The number of ether oxygens (including phenoxy) is 2. The molecule has 9 nitrogen and oxygen atoms in total. The van der Waals surface area contributed by atoms with Gasteiger partial charge in [-0.15, -0.1) is 4.91 Å². The highest BCUT2D eigenvalue weighted by Crippen LogP contribution is 2.57. The first-order valence-corrected chi connectivity index (χ1v) is 16.1. The van der Waals surface area contributed by atoms with E-state index in [1.165, 1.54) is 19.3 Å². The summed E-state index contributed by atoms with van der Waals surface area (Å²) in [6, 6.07) is 4.13. The number of hydrogen-bond donors (Lipinski definition) is 1. The summed E-state index contributed by atoms with van der Waals surface area (Å²) in [5, 5.41) is 5.79. The lowest BCUT2D eigenvalue weighted by molar-refractivity contribution is -0.157. The molecule has 3 atom stereocenters. The number of amides is 2. The van der Waals surface area contributed by atoms with E-state index in [4.69, 9.17) is 9.47 Å². The summed E-state index contributed by atoms with van der Waals surface area (Å²) < 4.78 is 11.2. The van der Waals surface area contributed by atoms with Gasteiger partial charge in [0.15, 0.2) is 0 Å². The molecule has 240 valence electrons. The number of benzene rings is 1. The summed E-state index contributed by atoms with van der Waals surface area (Å²) in [5.41, 5.74) is 2.40. The fourth-order valence-electron chi connectivity index (χ4n) is 7.04. The van der Waals surface area contributed by atoms with Crippen LogP contribution in [0.15, 0.2) is 40.7 Å². The number of nitroso groups, excluding NO2 is 1. The number of allylic oxidation sites excluding steroid dienone is 1. The smallest absolute Gasteiger partial charge is 0.329 e. The van der Waals surface area contributed by atoms with Crippen molar-refractivity contribution in [2.75, 3.05) is 13.7 Å². The fraction of sp³-hybridized carbons (Fsp3) is 0.629. The number of nitrogens with zero attached hydrogens (tertiary/aromatic N) is 2. The molecular formula is C35H49N3O6. The molecule has 0 aromatic heterocycles. The summed E-state index contributed by atoms with van der Waals surface area (Å²) in [6.45, 7) is 11.7. The predicted octanol–water partition coefficient (Wildman–Crippen LogP) is 7.22. The lowest BCUT2D eigenvalue weighted by Gasteiger charge is -2.40. The molecule has 1 aromatic carbocycles. The lowest BCUT2D eigenvalue weighted by Crippen LogP contribution is -2.46. The Bertz CT molecular complexity index is 1310. The summed E-state index contributed by atoms with van der Waals surface area (Å²) in [7, 11) is 1.44. The van der Waals surface area contributed by atoms with E-state index in [-0.39, 0.29) is 40.2 Å². The van der Waals surface area contributed by atoms with Crippen molar-refractivity contribution in [3.05, 3.63) is 46.0 Å². The van der Waals surface area contributed by atoms with Gasteiger partial charge in [-0.1, -0.05) is 40.2 Å². The summed E-state index contributed by atoms with van der Waals surface area (Å²) in [4.78, 5) is 53.1. The van der Waals surface area contributed by atoms with Gasteiger partial charge in [-0.3, -0.25) is 9.59 Å². The van der Waals surface area contributed by atoms with E-state index in [0.29, 0.717) is 36.6 Å². The Balaban J connectivity index is 1.45. The second kappa shape index (κ2) is 14.1. The number of carbonyl (C=O) groups is 3. The highest BCUT2D eigenvalue weighted by molar-refractivity contribution is 6.03. The molecule has 1 saturated heterocycles. The molecule has 1 heterocycles. The third kappa shape index (κ3) is 7.41. The zero-order valence-corrected chi connectivity index (χ0v) is 27.2. The van der Waals surface area contributed by atoms with Gasteiger partial charge in [0.2, 0.25) is 5.91 Å². The number of rotatable bonds is 10. The minimum Gasteiger partial charge on any atom is -0.494 e. The van der Waals surface area contributed by atoms with Crippen LogP contribution in [-0.4, -0.2) is 48.5 Å². The van der Waals surface area contributed by atoms with E-state index in [9.17, 15) is 19.3 Å². The number of methoxy groups -OCH3 is 1. The molecule has 1 aliphatic heterocycles. The van der Waals surface area contributed by atoms with Gasteiger partial charge in [0.1, 0.15) is 23.2 Å². The van der Waals surface area contributed by atoms with E-state index >= 15 is 0 Å². The van der Waals surface area contributed by atoms with Crippen LogP contribution < -0.4 is 10.1 Å². The van der Waals surface area contributed by atoms with Gasteiger partial charge >= 0.3 is 5.97 Å². The van der Waals surface area contributed by atoms with Crippen molar-refractivity contribution in [1.82, 2.24) is 10.2 Å². The molecule has 0 bridgehead atoms. The van der Waals surface area contributed by atoms with Crippen molar-refractivity contribution in [3.8, 4) is 5.75 Å². The Hall–Kier alpha value is -3.49. The van der Waals surface area contributed by atoms with Crippen molar-refractivity contribution in [2.45, 2.75) is 111 Å². The monoisotopic (exact) mass is 607 g/mol. The number of nitrogens with one attached hydrogen (secondary N) is 1. The summed E-state index contributed by atoms with van der Waals surface area (Å²) in [5.74, 6) is -0.359. The molecule has 3 aliphatic rings. The third-order valence-corrected chi connectivity index (χ3v) is 10.6. The van der Waals surface area contributed by atoms with Crippen LogP contribution in [0.3, 0.4) is 0 Å². The molecule has 3 unspecified atom stereocenters. The van der Waals surface area contributed by atoms with Crippen LogP contribution >= 0.6 is 0 Å². The standard InChI is InChI=1S/C35H49N3O6/c1-23(21-26-18-19-34(2,3)35(26,4)5)44-33(41)28-13-10-20-38(28)32(40)31(25-11-8-7-9-12-25)36-30(39)17-15-24-14-16-27(37-42)29(22-24)43-6/h14-17,22-23,26,28H,7-13,18-21H2,1-6H3,(H,36,39)/b17-15+. The number of hydrogen-bond acceptors (Lipinski definition) is 7. The normalized spacial score (nSPS) is 23.3. The fourth-order valence-corrected chi connectivity index (χ4v) is 7.04. The molecule has 4 rings (SSSR count). The molecule has 2 saturated carbocycles. The third-order valence-electron chi connectivity index (χ3n) is 10.6. The molecule has 0 spiro atoms. The maximum absolute atomic E-state index is 14.0. The van der Waals surface area contributed by atoms with Gasteiger partial charge in [0.25, 0.3) is 5.91 Å². The molecule has 0 radical (unpaired) electrons. The van der Waals surface area contributed by atoms with Crippen LogP contribution in [0.2, 0.25) is 0 Å².